The molecule has 0 aliphatic rings. The van der Waals surface area contributed by atoms with Crippen molar-refractivity contribution in [1.29, 1.82) is 0 Å². The number of carbonyl (C=O) groups is 1. The maximum Gasteiger partial charge on any atom is 0.255 e. The van der Waals surface area contributed by atoms with Crippen molar-refractivity contribution < 1.29 is 4.79 Å². The van der Waals surface area contributed by atoms with E-state index in [1.54, 1.807) is 6.33 Å². The average molecular weight is 414 g/mol. The predicted molar refractivity (Wildman–Crippen MR) is 124 cm³/mol. The van der Waals surface area contributed by atoms with Gasteiger partial charge in [-0.3, -0.25) is 4.79 Å². The van der Waals surface area contributed by atoms with E-state index in [1.165, 1.54) is 0 Å². The van der Waals surface area contributed by atoms with Crippen LogP contribution in [0.1, 0.15) is 21.7 Å². The van der Waals surface area contributed by atoms with Gasteiger partial charge in [0, 0.05) is 29.7 Å². The van der Waals surface area contributed by atoms with E-state index in [9.17, 15) is 4.79 Å². The Kier molecular flexibility index (Phi) is 6.09. The molecule has 0 bridgehead atoms. The number of amides is 1. The summed E-state index contributed by atoms with van der Waals surface area (Å²) in [4.78, 5) is 30.1. The van der Waals surface area contributed by atoms with E-state index < -0.39 is 0 Å². The van der Waals surface area contributed by atoms with Crippen LogP contribution in [0.2, 0.25) is 0 Å². The van der Waals surface area contributed by atoms with Gasteiger partial charge in [0.1, 0.15) is 0 Å². The van der Waals surface area contributed by atoms with Crippen molar-refractivity contribution in [3.05, 3.63) is 83.9 Å². The molecular formula is C25H27N5O. The number of likely N-dealkylation sites (N-methyl/N-ethyl adjacent to an activating group) is 1. The van der Waals surface area contributed by atoms with Crippen molar-refractivity contribution in [2.75, 3.05) is 27.2 Å². The molecule has 2 aromatic heterocycles. The van der Waals surface area contributed by atoms with E-state index in [2.05, 4.69) is 14.9 Å². The third kappa shape index (κ3) is 4.64. The van der Waals surface area contributed by atoms with Gasteiger partial charge in [0.05, 0.1) is 35.3 Å². The SMILES string of the molecule is Cc1[nH]cnc1CN(CCN(C)C)C(=O)c1cc(-c2ccccc2)nc2ccccc12. The number of nitrogens with zero attached hydrogens (tertiary/aromatic N) is 4. The van der Waals surface area contributed by atoms with Crippen LogP contribution in [0.25, 0.3) is 22.2 Å². The van der Waals surface area contributed by atoms with E-state index in [1.807, 2.05) is 86.6 Å². The Balaban J connectivity index is 1.78. The normalized spacial score (nSPS) is 11.2. The summed E-state index contributed by atoms with van der Waals surface area (Å²) >= 11 is 0. The number of aromatic amines is 1. The fourth-order valence-corrected chi connectivity index (χ4v) is 3.58. The van der Waals surface area contributed by atoms with Gasteiger partial charge in [-0.1, -0.05) is 48.5 Å². The molecule has 1 N–H and O–H groups in total. The number of pyridine rings is 1. The molecule has 2 aromatic carbocycles. The van der Waals surface area contributed by atoms with Crippen LogP contribution in [0.5, 0.6) is 0 Å². The Labute approximate surface area is 182 Å². The van der Waals surface area contributed by atoms with E-state index in [4.69, 9.17) is 4.98 Å². The number of aryl methyl sites for hydroxylation is 1. The zero-order valence-electron chi connectivity index (χ0n) is 18.2. The summed E-state index contributed by atoms with van der Waals surface area (Å²) in [6.07, 6.45) is 1.68. The Bertz CT molecular complexity index is 1180. The summed E-state index contributed by atoms with van der Waals surface area (Å²) in [5.74, 6) is -0.0139. The highest BCUT2D eigenvalue weighted by molar-refractivity contribution is 6.07. The zero-order valence-corrected chi connectivity index (χ0v) is 18.2. The van der Waals surface area contributed by atoms with Crippen molar-refractivity contribution in [1.82, 2.24) is 24.8 Å². The van der Waals surface area contributed by atoms with Gasteiger partial charge in [0.25, 0.3) is 5.91 Å². The number of carbonyl (C=O) groups excluding carboxylic acids is 1. The Morgan fingerprint density at radius 1 is 1.00 bits per heavy atom. The van der Waals surface area contributed by atoms with Gasteiger partial charge in [-0.2, -0.15) is 0 Å². The van der Waals surface area contributed by atoms with Crippen LogP contribution in [-0.4, -0.2) is 57.8 Å². The molecule has 6 heteroatoms. The van der Waals surface area contributed by atoms with E-state index >= 15 is 0 Å². The minimum atomic E-state index is -0.0139. The number of benzene rings is 2. The third-order valence-corrected chi connectivity index (χ3v) is 5.40. The number of nitrogens with one attached hydrogen (secondary N) is 1. The molecule has 0 aliphatic carbocycles. The fourth-order valence-electron chi connectivity index (χ4n) is 3.58. The molecule has 2 heterocycles. The van der Waals surface area contributed by atoms with Gasteiger partial charge in [0.15, 0.2) is 0 Å². The molecule has 1 amide bonds. The van der Waals surface area contributed by atoms with Gasteiger partial charge in [-0.05, 0) is 33.2 Å². The fraction of sp³-hybridized carbons (Fsp3) is 0.240. The highest BCUT2D eigenvalue weighted by atomic mass is 16.2. The van der Waals surface area contributed by atoms with Crippen LogP contribution in [0.4, 0.5) is 0 Å². The molecule has 0 spiro atoms. The second-order valence-electron chi connectivity index (χ2n) is 7.94. The second kappa shape index (κ2) is 9.10. The first kappa shape index (κ1) is 20.8. The first-order valence-electron chi connectivity index (χ1n) is 10.4. The number of fused-ring (bicyclic) bond motifs is 1. The average Bonchev–Trinajstić information content (AvgIpc) is 3.20. The topological polar surface area (TPSA) is 65.1 Å². The summed E-state index contributed by atoms with van der Waals surface area (Å²) in [5, 5.41) is 0.862. The van der Waals surface area contributed by atoms with E-state index in [0.717, 1.165) is 40.1 Å². The maximum atomic E-state index is 13.8. The van der Waals surface area contributed by atoms with Gasteiger partial charge < -0.3 is 14.8 Å². The molecule has 158 valence electrons. The minimum absolute atomic E-state index is 0.0139. The Morgan fingerprint density at radius 3 is 2.45 bits per heavy atom. The van der Waals surface area contributed by atoms with Gasteiger partial charge >= 0.3 is 0 Å². The Morgan fingerprint density at radius 2 is 1.74 bits per heavy atom. The molecule has 6 nitrogen and oxygen atoms in total. The van der Waals surface area contributed by atoms with Crippen LogP contribution >= 0.6 is 0 Å². The lowest BCUT2D eigenvalue weighted by molar-refractivity contribution is 0.0731. The van der Waals surface area contributed by atoms with Crippen molar-refractivity contribution in [3.63, 3.8) is 0 Å². The summed E-state index contributed by atoms with van der Waals surface area (Å²) < 4.78 is 0. The molecule has 0 unspecified atom stereocenters. The zero-order chi connectivity index (χ0) is 21.8. The lowest BCUT2D eigenvalue weighted by Gasteiger charge is -2.25. The van der Waals surface area contributed by atoms with Gasteiger partial charge in [-0.15, -0.1) is 0 Å². The summed E-state index contributed by atoms with van der Waals surface area (Å²) in [6, 6.07) is 19.7. The number of imidazole rings is 1. The molecule has 31 heavy (non-hydrogen) atoms. The minimum Gasteiger partial charge on any atom is -0.348 e. The second-order valence-corrected chi connectivity index (χ2v) is 7.94. The van der Waals surface area contributed by atoms with E-state index in [-0.39, 0.29) is 5.91 Å². The third-order valence-electron chi connectivity index (χ3n) is 5.40. The standard InChI is InChI=1S/C25H27N5O/c1-18-24(27-17-26-18)16-30(14-13-29(2)3)25(31)21-15-23(19-9-5-4-6-10-19)28-22-12-8-7-11-20(21)22/h4-12,15,17H,13-14,16H2,1-3H3,(H,26,27). The van der Waals surface area contributed by atoms with Crippen LogP contribution in [-0.2, 0) is 6.54 Å². The molecule has 0 saturated heterocycles. The number of hydrogen-bond donors (Lipinski definition) is 1. The first-order chi connectivity index (χ1) is 15.0. The molecule has 0 aliphatic heterocycles. The summed E-state index contributed by atoms with van der Waals surface area (Å²) in [7, 11) is 4.02. The molecule has 0 radical (unpaired) electrons. The van der Waals surface area contributed by atoms with Crippen molar-refractivity contribution >= 4 is 16.8 Å². The van der Waals surface area contributed by atoms with Crippen molar-refractivity contribution in [2.24, 2.45) is 0 Å². The van der Waals surface area contributed by atoms with Crippen LogP contribution in [0.3, 0.4) is 0 Å². The van der Waals surface area contributed by atoms with Crippen LogP contribution < -0.4 is 0 Å². The number of H-pyrrole nitrogens is 1. The molecule has 4 aromatic rings. The van der Waals surface area contributed by atoms with Crippen molar-refractivity contribution in [3.8, 4) is 11.3 Å². The van der Waals surface area contributed by atoms with Crippen molar-refractivity contribution in [2.45, 2.75) is 13.5 Å². The molecule has 4 rings (SSSR count). The number of para-hydroxylation sites is 1. The highest BCUT2D eigenvalue weighted by Gasteiger charge is 2.21. The molecule has 0 fully saturated rings. The predicted octanol–water partition coefficient (Wildman–Crippen LogP) is 4.14. The molecule has 0 saturated carbocycles. The van der Waals surface area contributed by atoms with E-state index in [0.29, 0.717) is 18.7 Å². The van der Waals surface area contributed by atoms with Gasteiger partial charge in [0.2, 0.25) is 0 Å². The van der Waals surface area contributed by atoms with Gasteiger partial charge in [-0.25, -0.2) is 9.97 Å². The number of hydrogen-bond acceptors (Lipinski definition) is 4. The Hall–Kier alpha value is -3.51. The largest absolute Gasteiger partial charge is 0.348 e. The molecular weight excluding hydrogens is 386 g/mol. The van der Waals surface area contributed by atoms with Crippen LogP contribution in [0, 0.1) is 6.92 Å². The maximum absolute atomic E-state index is 13.8. The highest BCUT2D eigenvalue weighted by Crippen LogP contribution is 2.26. The lowest BCUT2D eigenvalue weighted by atomic mass is 10.0. The summed E-state index contributed by atoms with van der Waals surface area (Å²) in [5.41, 5.74) is 5.13. The summed E-state index contributed by atoms with van der Waals surface area (Å²) in [6.45, 7) is 3.81. The number of aromatic nitrogens is 3. The van der Waals surface area contributed by atoms with Crippen LogP contribution in [0.15, 0.2) is 67.0 Å². The first-order valence-corrected chi connectivity index (χ1v) is 10.4. The number of rotatable bonds is 7. The quantitative estimate of drug-likeness (QED) is 0.495. The lowest BCUT2D eigenvalue weighted by Crippen LogP contribution is -2.36. The monoisotopic (exact) mass is 413 g/mol. The smallest absolute Gasteiger partial charge is 0.255 e. The molecule has 0 atom stereocenters.